The highest BCUT2D eigenvalue weighted by atomic mass is 32.1. The highest BCUT2D eigenvalue weighted by Gasteiger charge is 2.51. The molecule has 0 aromatic carbocycles. The van der Waals surface area contributed by atoms with E-state index in [9.17, 15) is 19.2 Å². The van der Waals surface area contributed by atoms with E-state index in [2.05, 4.69) is 12.6 Å². The molecule has 1 saturated carbocycles. The normalized spacial score (nSPS) is 34.5. The molecule has 3 atom stereocenters. The maximum Gasteiger partial charge on any atom is 0.253 e. The summed E-state index contributed by atoms with van der Waals surface area (Å²) >= 11 is 4.07. The quantitative estimate of drug-likeness (QED) is 0.546. The van der Waals surface area contributed by atoms with Gasteiger partial charge in [0.05, 0.1) is 17.3 Å². The smallest absolute Gasteiger partial charge is 0.253 e. The second-order valence-corrected chi connectivity index (χ2v) is 5.54. The molecule has 7 heteroatoms. The molecule has 0 radical (unpaired) electrons. The third-order valence-electron chi connectivity index (χ3n) is 3.87. The zero-order valence-electron chi connectivity index (χ0n) is 9.98. The summed E-state index contributed by atoms with van der Waals surface area (Å²) in [5, 5.41) is -0.600. The van der Waals surface area contributed by atoms with Crippen LogP contribution < -0.4 is 0 Å². The van der Waals surface area contributed by atoms with Gasteiger partial charge in [0.15, 0.2) is 0 Å². The van der Waals surface area contributed by atoms with Crippen LogP contribution in [0.25, 0.3) is 0 Å². The van der Waals surface area contributed by atoms with E-state index in [1.165, 1.54) is 17.1 Å². The molecule has 3 rings (SSSR count). The van der Waals surface area contributed by atoms with Gasteiger partial charge < -0.3 is 0 Å². The molecule has 2 aliphatic heterocycles. The van der Waals surface area contributed by atoms with Crippen molar-refractivity contribution in [3.8, 4) is 0 Å². The van der Waals surface area contributed by atoms with Crippen LogP contribution in [-0.4, -0.2) is 50.8 Å². The minimum atomic E-state index is -0.600. The van der Waals surface area contributed by atoms with Crippen molar-refractivity contribution in [2.45, 2.75) is 36.6 Å². The Morgan fingerprint density at radius 2 is 1.47 bits per heavy atom. The SMILES string of the molecule is O=C1C=CC(=O)N1C1CCC1N1C(=O)CC(S)C1=O. The number of rotatable bonds is 2. The van der Waals surface area contributed by atoms with Crippen LogP contribution in [-0.2, 0) is 19.2 Å². The minimum Gasteiger partial charge on any atom is -0.276 e. The molecule has 3 unspecified atom stereocenters. The number of likely N-dealkylation sites (tertiary alicyclic amines) is 1. The summed E-state index contributed by atoms with van der Waals surface area (Å²) in [4.78, 5) is 49.3. The van der Waals surface area contributed by atoms with E-state index in [0.29, 0.717) is 12.8 Å². The molecule has 0 bridgehead atoms. The lowest BCUT2D eigenvalue weighted by Crippen LogP contribution is -2.61. The Bertz CT molecular complexity index is 512. The fourth-order valence-electron chi connectivity index (χ4n) is 2.79. The van der Waals surface area contributed by atoms with Crippen LogP contribution in [0.4, 0.5) is 0 Å². The van der Waals surface area contributed by atoms with E-state index in [1.807, 2.05) is 0 Å². The van der Waals surface area contributed by atoms with Gasteiger partial charge in [-0.25, -0.2) is 0 Å². The fraction of sp³-hybridized carbons (Fsp3) is 0.500. The molecule has 2 heterocycles. The van der Waals surface area contributed by atoms with Crippen molar-refractivity contribution in [3.05, 3.63) is 12.2 Å². The highest BCUT2D eigenvalue weighted by molar-refractivity contribution is 7.81. The summed E-state index contributed by atoms with van der Waals surface area (Å²) in [6.07, 6.45) is 3.77. The maximum absolute atomic E-state index is 11.9. The molecule has 0 aromatic heterocycles. The van der Waals surface area contributed by atoms with Crippen LogP contribution >= 0.6 is 12.6 Å². The van der Waals surface area contributed by atoms with Gasteiger partial charge in [0.25, 0.3) is 11.8 Å². The molecule has 100 valence electrons. The lowest BCUT2D eigenvalue weighted by Gasteiger charge is -2.45. The first-order valence-corrected chi connectivity index (χ1v) is 6.61. The molecular formula is C12H12N2O4S. The standard InChI is InChI=1S/C12H12N2O4S/c15-9-3-4-10(16)13(9)6-1-2-7(6)14-11(17)5-8(19)12(14)18/h3-4,6-8,19H,1-2,5H2. The molecule has 2 fully saturated rings. The third kappa shape index (κ3) is 1.72. The molecular weight excluding hydrogens is 268 g/mol. The second-order valence-electron chi connectivity index (χ2n) is 4.91. The first-order valence-electron chi connectivity index (χ1n) is 6.10. The molecule has 1 saturated heterocycles. The predicted molar refractivity (Wildman–Crippen MR) is 67.0 cm³/mol. The van der Waals surface area contributed by atoms with Gasteiger partial charge in [-0.3, -0.25) is 29.0 Å². The van der Waals surface area contributed by atoms with Crippen LogP contribution in [0.2, 0.25) is 0 Å². The van der Waals surface area contributed by atoms with Crippen LogP contribution in [0.1, 0.15) is 19.3 Å². The Balaban J connectivity index is 1.80. The van der Waals surface area contributed by atoms with Gasteiger partial charge in [-0.1, -0.05) is 0 Å². The zero-order valence-corrected chi connectivity index (χ0v) is 10.9. The number of hydrogen-bond donors (Lipinski definition) is 1. The molecule has 3 aliphatic rings. The Labute approximate surface area is 114 Å². The highest BCUT2D eigenvalue weighted by Crippen LogP contribution is 2.35. The van der Waals surface area contributed by atoms with Crippen molar-refractivity contribution in [1.82, 2.24) is 9.80 Å². The lowest BCUT2D eigenvalue weighted by atomic mass is 9.83. The minimum absolute atomic E-state index is 0.0886. The number of imide groups is 2. The summed E-state index contributed by atoms with van der Waals surface area (Å²) in [5.74, 6) is -1.34. The molecule has 4 amide bonds. The maximum atomic E-state index is 11.9. The van der Waals surface area contributed by atoms with Crippen LogP contribution in [0.15, 0.2) is 12.2 Å². The summed E-state index contributed by atoms with van der Waals surface area (Å²) in [6, 6.07) is -0.772. The number of amides is 4. The predicted octanol–water partition coefficient (Wildman–Crippen LogP) is -0.500. The van der Waals surface area contributed by atoms with E-state index in [4.69, 9.17) is 0 Å². The molecule has 1 aliphatic carbocycles. The van der Waals surface area contributed by atoms with E-state index < -0.39 is 5.25 Å². The first-order chi connectivity index (χ1) is 9.00. The molecule has 6 nitrogen and oxygen atoms in total. The number of nitrogens with zero attached hydrogens (tertiary/aromatic N) is 2. The summed E-state index contributed by atoms with van der Waals surface area (Å²) in [5.41, 5.74) is 0. The van der Waals surface area contributed by atoms with E-state index in [0.717, 1.165) is 4.90 Å². The van der Waals surface area contributed by atoms with Crippen molar-refractivity contribution in [2.24, 2.45) is 0 Å². The fourth-order valence-corrected chi connectivity index (χ4v) is 3.07. The average Bonchev–Trinajstić information content (AvgIpc) is 2.76. The number of hydrogen-bond acceptors (Lipinski definition) is 5. The third-order valence-corrected chi connectivity index (χ3v) is 4.27. The van der Waals surface area contributed by atoms with Gasteiger partial charge in [0, 0.05) is 18.6 Å². The Morgan fingerprint density at radius 3 is 1.89 bits per heavy atom. The van der Waals surface area contributed by atoms with E-state index >= 15 is 0 Å². The van der Waals surface area contributed by atoms with Crippen molar-refractivity contribution in [3.63, 3.8) is 0 Å². The van der Waals surface area contributed by atoms with Gasteiger partial charge in [0.2, 0.25) is 11.8 Å². The first kappa shape index (κ1) is 12.4. The summed E-state index contributed by atoms with van der Waals surface area (Å²) < 4.78 is 0. The van der Waals surface area contributed by atoms with Gasteiger partial charge in [0.1, 0.15) is 0 Å². The average molecular weight is 280 g/mol. The number of thiol groups is 1. The molecule has 0 N–H and O–H groups in total. The second kappa shape index (κ2) is 4.19. The van der Waals surface area contributed by atoms with Crippen LogP contribution in [0.3, 0.4) is 0 Å². The lowest BCUT2D eigenvalue weighted by molar-refractivity contribution is -0.154. The summed E-state index contributed by atoms with van der Waals surface area (Å²) in [6.45, 7) is 0. The topological polar surface area (TPSA) is 74.8 Å². The van der Waals surface area contributed by atoms with Crippen LogP contribution in [0.5, 0.6) is 0 Å². The van der Waals surface area contributed by atoms with Crippen molar-refractivity contribution in [2.75, 3.05) is 0 Å². The largest absolute Gasteiger partial charge is 0.276 e. The van der Waals surface area contributed by atoms with Crippen molar-refractivity contribution < 1.29 is 19.2 Å². The monoisotopic (exact) mass is 280 g/mol. The molecule has 19 heavy (non-hydrogen) atoms. The van der Waals surface area contributed by atoms with Crippen molar-refractivity contribution >= 4 is 36.3 Å². The zero-order chi connectivity index (χ0) is 13.7. The number of carbonyl (C=O) groups excluding carboxylic acids is 4. The van der Waals surface area contributed by atoms with Crippen molar-refractivity contribution in [1.29, 1.82) is 0 Å². The van der Waals surface area contributed by atoms with Gasteiger partial charge in [-0.05, 0) is 12.8 Å². The Morgan fingerprint density at radius 1 is 0.947 bits per heavy atom. The Hall–Kier alpha value is -1.63. The van der Waals surface area contributed by atoms with Gasteiger partial charge >= 0.3 is 0 Å². The van der Waals surface area contributed by atoms with E-state index in [-0.39, 0.29) is 42.1 Å². The summed E-state index contributed by atoms with van der Waals surface area (Å²) in [7, 11) is 0. The number of carbonyl (C=O) groups is 4. The van der Waals surface area contributed by atoms with E-state index in [1.54, 1.807) is 0 Å². The van der Waals surface area contributed by atoms with Crippen LogP contribution in [0, 0.1) is 0 Å². The van der Waals surface area contributed by atoms with Gasteiger partial charge in [-0.15, -0.1) is 0 Å². The molecule has 0 spiro atoms. The molecule has 0 aromatic rings. The Kier molecular flexibility index (Phi) is 2.74. The van der Waals surface area contributed by atoms with Gasteiger partial charge in [-0.2, -0.15) is 12.6 Å².